The number of halogens is 2. The van der Waals surface area contributed by atoms with Crippen LogP contribution < -0.4 is 10.2 Å². The van der Waals surface area contributed by atoms with Crippen molar-refractivity contribution in [3.8, 4) is 0 Å². The van der Waals surface area contributed by atoms with Crippen molar-refractivity contribution >= 4 is 52.6 Å². The van der Waals surface area contributed by atoms with Gasteiger partial charge in [0.15, 0.2) is 11.0 Å². The van der Waals surface area contributed by atoms with E-state index in [4.69, 9.17) is 23.2 Å². The third-order valence-electron chi connectivity index (χ3n) is 5.33. The van der Waals surface area contributed by atoms with E-state index in [9.17, 15) is 4.79 Å². The zero-order valence-corrected chi connectivity index (χ0v) is 18.8. The highest BCUT2D eigenvalue weighted by atomic mass is 35.5. The molecule has 0 bridgehead atoms. The van der Waals surface area contributed by atoms with Gasteiger partial charge in [-0.05, 0) is 44.6 Å². The summed E-state index contributed by atoms with van der Waals surface area (Å²) in [6, 6.07) is 1.99. The van der Waals surface area contributed by atoms with E-state index in [1.165, 1.54) is 30.8 Å². The van der Waals surface area contributed by atoms with Crippen molar-refractivity contribution in [1.29, 1.82) is 0 Å². The van der Waals surface area contributed by atoms with Crippen LogP contribution in [-0.4, -0.2) is 44.0 Å². The minimum Gasteiger partial charge on any atom is -0.341 e. The van der Waals surface area contributed by atoms with Crippen molar-refractivity contribution in [3.63, 3.8) is 0 Å². The fraction of sp³-hybridized carbons (Fsp3) is 0.579. The van der Waals surface area contributed by atoms with E-state index in [1.54, 1.807) is 6.07 Å². The summed E-state index contributed by atoms with van der Waals surface area (Å²) >= 11 is 13.4. The summed E-state index contributed by atoms with van der Waals surface area (Å²) in [5.74, 6) is 1.82. The lowest BCUT2D eigenvalue weighted by Crippen LogP contribution is -2.34. The number of thioether (sulfide) groups is 1. The summed E-state index contributed by atoms with van der Waals surface area (Å²) in [7, 11) is 0. The summed E-state index contributed by atoms with van der Waals surface area (Å²) in [6.07, 6.45) is 6.07. The predicted octanol–water partition coefficient (Wildman–Crippen LogP) is 4.67. The number of amides is 1. The molecule has 1 atom stereocenters. The second-order valence-electron chi connectivity index (χ2n) is 7.79. The smallest absolute Gasteiger partial charge is 0.238 e. The molecule has 2 fully saturated rings. The van der Waals surface area contributed by atoms with Gasteiger partial charge in [0.05, 0.1) is 15.3 Å². The SMILES string of the molecule is CC1CCN(c2nnc(SC(C)C(=O)Nc3ncc(Cl)cc3Cl)n2C2CC2)CC1. The zero-order chi connectivity index (χ0) is 20.5. The molecule has 1 unspecified atom stereocenters. The fourth-order valence-electron chi connectivity index (χ4n) is 3.36. The number of hydrogen-bond donors (Lipinski definition) is 1. The van der Waals surface area contributed by atoms with Crippen molar-refractivity contribution in [2.24, 2.45) is 5.92 Å². The molecule has 1 aliphatic heterocycles. The van der Waals surface area contributed by atoms with Crippen LogP contribution in [0.25, 0.3) is 0 Å². The van der Waals surface area contributed by atoms with Gasteiger partial charge in [-0.2, -0.15) is 0 Å². The number of carbonyl (C=O) groups is 1. The number of aromatic nitrogens is 4. The van der Waals surface area contributed by atoms with Crippen molar-refractivity contribution < 1.29 is 4.79 Å². The number of anilines is 2. The summed E-state index contributed by atoms with van der Waals surface area (Å²) in [5, 5.41) is 12.8. The Labute approximate surface area is 184 Å². The van der Waals surface area contributed by atoms with E-state index in [1.807, 2.05) is 6.92 Å². The van der Waals surface area contributed by atoms with Crippen molar-refractivity contribution in [3.05, 3.63) is 22.3 Å². The summed E-state index contributed by atoms with van der Waals surface area (Å²) in [4.78, 5) is 19.1. The number of carbonyl (C=O) groups excluding carboxylic acids is 1. The van der Waals surface area contributed by atoms with Crippen LogP contribution in [-0.2, 0) is 4.79 Å². The zero-order valence-electron chi connectivity index (χ0n) is 16.4. The molecule has 1 N–H and O–H groups in total. The largest absolute Gasteiger partial charge is 0.341 e. The summed E-state index contributed by atoms with van der Waals surface area (Å²) < 4.78 is 2.22. The summed E-state index contributed by atoms with van der Waals surface area (Å²) in [6.45, 7) is 6.16. The Morgan fingerprint density at radius 1 is 1.24 bits per heavy atom. The first-order valence-electron chi connectivity index (χ1n) is 9.90. The Kier molecular flexibility index (Phi) is 6.22. The lowest BCUT2D eigenvalue weighted by molar-refractivity contribution is -0.115. The molecule has 29 heavy (non-hydrogen) atoms. The first-order chi connectivity index (χ1) is 13.9. The standard InChI is InChI=1S/C19H24Cl2N6OS/c1-11-5-7-26(8-6-11)18-24-25-19(27(18)14-3-4-14)29-12(2)17(28)23-16-15(21)9-13(20)10-22-16/h9-12,14H,3-8H2,1-2H3,(H,22,23,28). The number of pyridine rings is 1. The molecule has 0 radical (unpaired) electrons. The Bertz CT molecular complexity index is 895. The molecular formula is C19H24Cl2N6OS. The average molecular weight is 455 g/mol. The number of hydrogen-bond acceptors (Lipinski definition) is 6. The van der Waals surface area contributed by atoms with Gasteiger partial charge in [0.2, 0.25) is 11.9 Å². The second-order valence-corrected chi connectivity index (χ2v) is 9.94. The van der Waals surface area contributed by atoms with Crippen LogP contribution in [0.3, 0.4) is 0 Å². The minimum atomic E-state index is -0.375. The Hall–Kier alpha value is -1.51. The highest BCUT2D eigenvalue weighted by Gasteiger charge is 2.33. The molecular weight excluding hydrogens is 431 g/mol. The number of nitrogens with zero attached hydrogens (tertiary/aromatic N) is 5. The van der Waals surface area contributed by atoms with Gasteiger partial charge in [-0.15, -0.1) is 10.2 Å². The highest BCUT2D eigenvalue weighted by molar-refractivity contribution is 8.00. The monoisotopic (exact) mass is 454 g/mol. The predicted molar refractivity (Wildman–Crippen MR) is 117 cm³/mol. The van der Waals surface area contributed by atoms with E-state index in [2.05, 4.69) is 36.9 Å². The topological polar surface area (TPSA) is 75.9 Å². The van der Waals surface area contributed by atoms with Crippen LogP contribution in [0.2, 0.25) is 10.0 Å². The van der Waals surface area contributed by atoms with Gasteiger partial charge in [-0.1, -0.05) is 41.9 Å². The third kappa shape index (κ3) is 4.81. The second kappa shape index (κ2) is 8.70. The van der Waals surface area contributed by atoms with E-state index >= 15 is 0 Å². The third-order valence-corrected chi connectivity index (χ3v) is 6.88. The molecule has 3 heterocycles. The molecule has 1 amide bonds. The Balaban J connectivity index is 1.46. The van der Waals surface area contributed by atoms with Gasteiger partial charge >= 0.3 is 0 Å². The lowest BCUT2D eigenvalue weighted by atomic mass is 10.00. The van der Waals surface area contributed by atoms with E-state index < -0.39 is 0 Å². The minimum absolute atomic E-state index is 0.189. The van der Waals surface area contributed by atoms with E-state index in [0.717, 1.165) is 43.0 Å². The normalized spacial score (nSPS) is 18.7. The maximum absolute atomic E-state index is 12.7. The van der Waals surface area contributed by atoms with Gasteiger partial charge in [-0.3, -0.25) is 9.36 Å². The van der Waals surface area contributed by atoms with Gasteiger partial charge in [0, 0.05) is 25.3 Å². The van der Waals surface area contributed by atoms with Gasteiger partial charge in [-0.25, -0.2) is 4.98 Å². The Morgan fingerprint density at radius 3 is 2.62 bits per heavy atom. The molecule has 1 saturated carbocycles. The van der Waals surface area contributed by atoms with E-state index in [-0.39, 0.29) is 11.2 Å². The molecule has 1 saturated heterocycles. The molecule has 0 aromatic carbocycles. The molecule has 2 aliphatic rings. The average Bonchev–Trinajstić information content (AvgIpc) is 3.45. The fourth-order valence-corrected chi connectivity index (χ4v) is 4.70. The molecule has 1 aliphatic carbocycles. The van der Waals surface area contributed by atoms with E-state index in [0.29, 0.717) is 21.9 Å². The van der Waals surface area contributed by atoms with Crippen molar-refractivity contribution in [2.75, 3.05) is 23.3 Å². The van der Waals surface area contributed by atoms with Crippen molar-refractivity contribution in [1.82, 2.24) is 19.7 Å². The maximum atomic E-state index is 12.7. The molecule has 7 nitrogen and oxygen atoms in total. The van der Waals surface area contributed by atoms with Gasteiger partial charge < -0.3 is 10.2 Å². The van der Waals surface area contributed by atoms with Crippen LogP contribution in [0.1, 0.15) is 45.6 Å². The van der Waals surface area contributed by atoms with Crippen LogP contribution in [0.15, 0.2) is 17.4 Å². The van der Waals surface area contributed by atoms with Crippen LogP contribution in [0.5, 0.6) is 0 Å². The number of rotatable bonds is 6. The molecule has 0 spiro atoms. The molecule has 4 rings (SSSR count). The number of piperidine rings is 1. The van der Waals surface area contributed by atoms with Crippen molar-refractivity contribution in [2.45, 2.75) is 56.0 Å². The van der Waals surface area contributed by atoms with Gasteiger partial charge in [0.25, 0.3) is 0 Å². The number of nitrogens with one attached hydrogen (secondary N) is 1. The van der Waals surface area contributed by atoms with Crippen LogP contribution >= 0.6 is 35.0 Å². The Morgan fingerprint density at radius 2 is 1.97 bits per heavy atom. The molecule has 156 valence electrons. The highest BCUT2D eigenvalue weighted by Crippen LogP contribution is 2.42. The first kappa shape index (κ1) is 20.8. The first-order valence-corrected chi connectivity index (χ1v) is 11.5. The maximum Gasteiger partial charge on any atom is 0.238 e. The van der Waals surface area contributed by atoms with Crippen LogP contribution in [0.4, 0.5) is 11.8 Å². The summed E-state index contributed by atoms with van der Waals surface area (Å²) in [5.41, 5.74) is 0. The lowest BCUT2D eigenvalue weighted by Gasteiger charge is -2.31. The van der Waals surface area contributed by atoms with Gasteiger partial charge in [0.1, 0.15) is 0 Å². The molecule has 10 heteroatoms. The molecule has 2 aromatic heterocycles. The molecule has 2 aromatic rings. The van der Waals surface area contributed by atoms with Crippen LogP contribution in [0, 0.1) is 5.92 Å². The quantitative estimate of drug-likeness (QED) is 0.638.